The van der Waals surface area contributed by atoms with E-state index in [0.29, 0.717) is 0 Å². The maximum Gasteiger partial charge on any atom is 0.275 e. The van der Waals surface area contributed by atoms with Gasteiger partial charge in [-0.1, -0.05) is 19.8 Å². The van der Waals surface area contributed by atoms with Crippen molar-refractivity contribution in [2.75, 3.05) is 20.1 Å². The van der Waals surface area contributed by atoms with Crippen molar-refractivity contribution in [2.24, 2.45) is 0 Å². The Hall–Kier alpha value is -0.570. The van der Waals surface area contributed by atoms with Crippen LogP contribution in [0.25, 0.3) is 0 Å². The molecule has 0 saturated carbocycles. The minimum Gasteiger partial charge on any atom is -0.444 e. The van der Waals surface area contributed by atoms with Crippen molar-refractivity contribution in [2.45, 2.75) is 52.0 Å². The highest BCUT2D eigenvalue weighted by atomic mass is 16.2. The van der Waals surface area contributed by atoms with Gasteiger partial charge < -0.3 is 9.80 Å². The standard InChI is InChI=1S/C13H26N2O/c1-4-12(13(16)14-3)15(5-2)10-8-6-7-9-11-15/h10,12H,4-9,11H2,1-3H3,(H,14,16). The lowest BCUT2D eigenvalue weighted by molar-refractivity contribution is -0.913. The quantitative estimate of drug-likeness (QED) is 0.577. The van der Waals surface area contributed by atoms with Crippen LogP contribution in [0.1, 0.15) is 46.0 Å². The van der Waals surface area contributed by atoms with Crippen molar-refractivity contribution in [3.63, 3.8) is 0 Å². The van der Waals surface area contributed by atoms with Gasteiger partial charge in [0.15, 0.2) is 0 Å². The van der Waals surface area contributed by atoms with Gasteiger partial charge in [0.2, 0.25) is 0 Å². The van der Waals surface area contributed by atoms with E-state index in [1.165, 1.54) is 19.3 Å². The summed E-state index contributed by atoms with van der Waals surface area (Å²) in [4.78, 5) is 12.0. The number of carbonyl (C=O) groups is 1. The first-order chi connectivity index (χ1) is 7.70. The zero-order chi connectivity index (χ0) is 12.0. The van der Waals surface area contributed by atoms with Crippen LogP contribution in [0.15, 0.2) is 0 Å². The molecule has 1 aliphatic heterocycles. The summed E-state index contributed by atoms with van der Waals surface area (Å²) in [5.41, 5.74) is 0. The number of hydrogen-bond donors (Lipinski definition) is 1. The third kappa shape index (κ3) is 2.76. The summed E-state index contributed by atoms with van der Waals surface area (Å²) >= 11 is 0. The highest BCUT2D eigenvalue weighted by Crippen LogP contribution is 2.27. The topological polar surface area (TPSA) is 29.1 Å². The van der Waals surface area contributed by atoms with Crippen LogP contribution in [0.3, 0.4) is 0 Å². The molecule has 16 heavy (non-hydrogen) atoms. The fourth-order valence-electron chi connectivity index (χ4n) is 2.91. The van der Waals surface area contributed by atoms with E-state index in [1.807, 2.05) is 0 Å². The minimum atomic E-state index is 0.105. The third-order valence-electron chi connectivity index (χ3n) is 3.92. The molecule has 1 N–H and O–H groups in total. The summed E-state index contributed by atoms with van der Waals surface area (Å²) in [5.74, 6) is 0.197. The molecule has 0 spiro atoms. The van der Waals surface area contributed by atoms with Crippen molar-refractivity contribution >= 4 is 5.91 Å². The van der Waals surface area contributed by atoms with E-state index in [-0.39, 0.29) is 11.9 Å². The first kappa shape index (κ1) is 13.5. The van der Waals surface area contributed by atoms with Crippen LogP contribution in [0.5, 0.6) is 0 Å². The predicted molar refractivity (Wildman–Crippen MR) is 66.6 cm³/mol. The molecule has 2 atom stereocenters. The molecule has 1 saturated heterocycles. The molecule has 1 rings (SSSR count). The largest absolute Gasteiger partial charge is 0.444 e. The normalized spacial score (nSPS) is 28.2. The van der Waals surface area contributed by atoms with Gasteiger partial charge in [-0.3, -0.25) is 4.79 Å². The summed E-state index contributed by atoms with van der Waals surface area (Å²) < 4.78 is 0.885. The second-order valence-corrected chi connectivity index (χ2v) is 4.71. The van der Waals surface area contributed by atoms with Gasteiger partial charge in [-0.15, -0.1) is 13.0 Å². The van der Waals surface area contributed by atoms with Crippen molar-refractivity contribution in [3.05, 3.63) is 6.54 Å². The highest BCUT2D eigenvalue weighted by Gasteiger charge is 2.33. The molecular weight excluding hydrogens is 200 g/mol. The van der Waals surface area contributed by atoms with Crippen LogP contribution >= 0.6 is 0 Å². The van der Waals surface area contributed by atoms with Gasteiger partial charge in [0.1, 0.15) is 6.04 Å². The number of hydrogen-bond acceptors (Lipinski definition) is 1. The number of carbonyl (C=O) groups excluding carboxylic acids is 1. The van der Waals surface area contributed by atoms with Gasteiger partial charge in [-0.2, -0.15) is 0 Å². The number of nitrogens with zero attached hydrogens (tertiary/aromatic N) is 1. The van der Waals surface area contributed by atoms with Gasteiger partial charge in [-0.25, -0.2) is 0 Å². The number of rotatable bonds is 4. The molecular formula is C13H26N2O. The van der Waals surface area contributed by atoms with E-state index in [1.54, 1.807) is 7.05 Å². The summed E-state index contributed by atoms with van der Waals surface area (Å²) in [6.07, 6.45) is 5.91. The average molecular weight is 226 g/mol. The average Bonchev–Trinajstić information content (AvgIpc) is 2.56. The summed E-state index contributed by atoms with van der Waals surface area (Å²) in [6, 6.07) is 0.105. The Kier molecular flexibility index (Phi) is 5.26. The van der Waals surface area contributed by atoms with Crippen LogP contribution in [0.2, 0.25) is 0 Å². The first-order valence-electron chi connectivity index (χ1n) is 6.62. The Labute approximate surface area is 99.8 Å². The van der Waals surface area contributed by atoms with Crippen LogP contribution in [0, 0.1) is 6.54 Å². The number of quaternary nitrogens is 1. The monoisotopic (exact) mass is 226 g/mol. The van der Waals surface area contributed by atoms with E-state index in [4.69, 9.17) is 0 Å². The van der Waals surface area contributed by atoms with Crippen LogP contribution in [-0.2, 0) is 4.79 Å². The highest BCUT2D eigenvalue weighted by molar-refractivity contribution is 5.80. The van der Waals surface area contributed by atoms with Gasteiger partial charge in [0.25, 0.3) is 5.91 Å². The molecule has 0 aliphatic carbocycles. The minimum absolute atomic E-state index is 0.105. The molecule has 0 bridgehead atoms. The Bertz CT molecular complexity index is 220. The maximum atomic E-state index is 12.0. The predicted octanol–water partition coefficient (Wildman–Crippen LogP) is 2.08. The molecule has 1 amide bonds. The summed E-state index contributed by atoms with van der Waals surface area (Å²) in [6.45, 7) is 8.87. The molecule has 3 nitrogen and oxygen atoms in total. The molecule has 0 aromatic rings. The van der Waals surface area contributed by atoms with Gasteiger partial charge in [0, 0.05) is 13.5 Å². The third-order valence-corrected chi connectivity index (χ3v) is 3.92. The molecule has 3 heteroatoms. The van der Waals surface area contributed by atoms with Crippen molar-refractivity contribution in [1.82, 2.24) is 5.32 Å². The number of nitrogens with one attached hydrogen (secondary N) is 1. The Morgan fingerprint density at radius 3 is 2.69 bits per heavy atom. The Balaban J connectivity index is 2.85. The summed E-state index contributed by atoms with van der Waals surface area (Å²) in [5, 5.41) is 2.82. The van der Waals surface area contributed by atoms with Crippen molar-refractivity contribution in [1.29, 1.82) is 0 Å². The maximum absolute atomic E-state index is 12.0. The van der Waals surface area contributed by atoms with E-state index < -0.39 is 0 Å². The Morgan fingerprint density at radius 2 is 2.12 bits per heavy atom. The lowest BCUT2D eigenvalue weighted by atomic mass is 10.1. The molecule has 0 aromatic carbocycles. The molecule has 2 unspecified atom stereocenters. The van der Waals surface area contributed by atoms with E-state index in [0.717, 1.165) is 30.4 Å². The van der Waals surface area contributed by atoms with Crippen molar-refractivity contribution < 1.29 is 9.28 Å². The SMILES string of the molecule is CCC(C(=O)NC)[N+]1(CC)[CH-]CCCCC1. The fourth-order valence-corrected chi connectivity index (χ4v) is 2.91. The van der Waals surface area contributed by atoms with E-state index in [9.17, 15) is 4.79 Å². The second kappa shape index (κ2) is 6.24. The van der Waals surface area contributed by atoms with E-state index >= 15 is 0 Å². The second-order valence-electron chi connectivity index (χ2n) is 4.71. The summed E-state index contributed by atoms with van der Waals surface area (Å²) in [7, 11) is 1.75. The number of amides is 1. The molecule has 0 radical (unpaired) electrons. The zero-order valence-corrected chi connectivity index (χ0v) is 11.0. The lowest BCUT2D eigenvalue weighted by Crippen LogP contribution is -2.58. The number of likely N-dealkylation sites (tertiary alicyclic amines) is 1. The van der Waals surface area contributed by atoms with Gasteiger partial charge in [0.05, 0.1) is 13.1 Å². The van der Waals surface area contributed by atoms with Gasteiger partial charge in [-0.05, 0) is 13.3 Å². The molecule has 1 aliphatic rings. The van der Waals surface area contributed by atoms with Gasteiger partial charge >= 0.3 is 0 Å². The molecule has 94 valence electrons. The van der Waals surface area contributed by atoms with E-state index in [2.05, 4.69) is 25.7 Å². The first-order valence-corrected chi connectivity index (χ1v) is 6.62. The van der Waals surface area contributed by atoms with Crippen molar-refractivity contribution in [3.8, 4) is 0 Å². The lowest BCUT2D eigenvalue weighted by Gasteiger charge is -2.51. The zero-order valence-electron chi connectivity index (χ0n) is 11.0. The smallest absolute Gasteiger partial charge is 0.275 e. The molecule has 0 aromatic heterocycles. The van der Waals surface area contributed by atoms with Crippen LogP contribution in [0.4, 0.5) is 0 Å². The fraction of sp³-hybridized carbons (Fsp3) is 0.846. The van der Waals surface area contributed by atoms with Crippen LogP contribution in [-0.4, -0.2) is 36.6 Å². The number of likely N-dealkylation sites (N-methyl/N-ethyl adjacent to an activating group) is 2. The molecule has 1 fully saturated rings. The Morgan fingerprint density at radius 1 is 1.38 bits per heavy atom. The van der Waals surface area contributed by atoms with Crippen LogP contribution < -0.4 is 5.32 Å². The molecule has 1 heterocycles.